The molecular weight excluding hydrogens is 329 g/mol. The van der Waals surface area contributed by atoms with Gasteiger partial charge in [-0.3, -0.25) is 14.9 Å². The fourth-order valence-corrected chi connectivity index (χ4v) is 2.70. The number of halogens is 2. The lowest BCUT2D eigenvalue weighted by atomic mass is 10.1. The van der Waals surface area contributed by atoms with Crippen LogP contribution in [-0.4, -0.2) is 28.8 Å². The van der Waals surface area contributed by atoms with E-state index in [1.165, 1.54) is 12.1 Å². The summed E-state index contributed by atoms with van der Waals surface area (Å²) in [5.74, 6) is -0.395. The van der Waals surface area contributed by atoms with Crippen molar-refractivity contribution < 1.29 is 9.72 Å². The molecule has 0 aliphatic carbocycles. The summed E-state index contributed by atoms with van der Waals surface area (Å²) in [6, 6.07) is 4.20. The predicted octanol–water partition coefficient (Wildman–Crippen LogP) is 3.43. The van der Waals surface area contributed by atoms with Gasteiger partial charge in [0.1, 0.15) is 16.7 Å². The van der Waals surface area contributed by atoms with Crippen molar-refractivity contribution >= 4 is 40.9 Å². The van der Waals surface area contributed by atoms with Crippen LogP contribution in [0.4, 0.5) is 5.69 Å². The molecule has 2 rings (SSSR count). The molecule has 0 unspecified atom stereocenters. The molecule has 1 fully saturated rings. The van der Waals surface area contributed by atoms with Gasteiger partial charge in [0.15, 0.2) is 0 Å². The molecule has 114 valence electrons. The minimum atomic E-state index is -0.648. The predicted molar refractivity (Wildman–Crippen MR) is 82.5 cm³/mol. The average Bonchev–Trinajstić information content (AvgIpc) is 2.99. The van der Waals surface area contributed by atoms with Gasteiger partial charge in [0.05, 0.1) is 4.92 Å². The normalized spacial score (nSPS) is 14.8. The first-order valence-corrected chi connectivity index (χ1v) is 7.24. The second-order valence-electron chi connectivity index (χ2n) is 4.75. The van der Waals surface area contributed by atoms with Crippen LogP contribution in [0.15, 0.2) is 17.7 Å². The zero-order valence-corrected chi connectivity index (χ0v) is 12.9. The van der Waals surface area contributed by atoms with Crippen molar-refractivity contribution in [3.63, 3.8) is 0 Å². The number of nitriles is 1. The Morgan fingerprint density at radius 2 is 1.95 bits per heavy atom. The number of nitro benzene ring substituents is 1. The number of nitro groups is 1. The minimum Gasteiger partial charge on any atom is -0.338 e. The van der Waals surface area contributed by atoms with E-state index >= 15 is 0 Å². The number of carbonyl (C=O) groups is 1. The molecule has 0 saturated carbocycles. The molecule has 0 bridgehead atoms. The van der Waals surface area contributed by atoms with Gasteiger partial charge < -0.3 is 4.90 Å². The van der Waals surface area contributed by atoms with Gasteiger partial charge in [0.25, 0.3) is 11.6 Å². The summed E-state index contributed by atoms with van der Waals surface area (Å²) in [6.07, 6.45) is 3.06. The van der Waals surface area contributed by atoms with Crippen molar-refractivity contribution in [1.29, 1.82) is 5.26 Å². The van der Waals surface area contributed by atoms with Crippen molar-refractivity contribution in [3.8, 4) is 6.07 Å². The van der Waals surface area contributed by atoms with Crippen LogP contribution in [-0.2, 0) is 4.79 Å². The van der Waals surface area contributed by atoms with Crippen molar-refractivity contribution in [3.05, 3.63) is 43.4 Å². The number of nitrogens with zero attached hydrogens (tertiary/aromatic N) is 3. The summed E-state index contributed by atoms with van der Waals surface area (Å²) < 4.78 is 0. The van der Waals surface area contributed by atoms with E-state index in [2.05, 4.69) is 0 Å². The van der Waals surface area contributed by atoms with Crippen LogP contribution in [0, 0.1) is 21.4 Å². The molecule has 1 aromatic carbocycles. The number of carbonyl (C=O) groups excluding carboxylic acids is 1. The molecule has 1 aliphatic rings. The fourth-order valence-electron chi connectivity index (χ4n) is 2.19. The van der Waals surface area contributed by atoms with E-state index in [9.17, 15) is 20.2 Å². The molecule has 0 radical (unpaired) electrons. The van der Waals surface area contributed by atoms with Crippen LogP contribution in [0.1, 0.15) is 18.4 Å². The number of amides is 1. The average molecular weight is 340 g/mol. The quantitative estimate of drug-likeness (QED) is 0.365. The first-order chi connectivity index (χ1) is 10.4. The van der Waals surface area contributed by atoms with Crippen molar-refractivity contribution in [1.82, 2.24) is 4.90 Å². The lowest BCUT2D eigenvalue weighted by molar-refractivity contribution is -0.384. The molecule has 0 atom stereocenters. The van der Waals surface area contributed by atoms with Gasteiger partial charge in [-0.25, -0.2) is 0 Å². The number of likely N-dealkylation sites (tertiary alicyclic amines) is 1. The Morgan fingerprint density at radius 1 is 1.32 bits per heavy atom. The second kappa shape index (κ2) is 6.77. The van der Waals surface area contributed by atoms with Crippen LogP contribution >= 0.6 is 23.2 Å². The maximum absolute atomic E-state index is 12.2. The van der Waals surface area contributed by atoms with E-state index in [1.807, 2.05) is 6.07 Å². The van der Waals surface area contributed by atoms with Crippen LogP contribution < -0.4 is 0 Å². The Morgan fingerprint density at radius 3 is 2.50 bits per heavy atom. The summed E-state index contributed by atoms with van der Waals surface area (Å²) in [5, 5.41) is 20.1. The molecule has 22 heavy (non-hydrogen) atoms. The van der Waals surface area contributed by atoms with Crippen LogP contribution in [0.2, 0.25) is 10.0 Å². The van der Waals surface area contributed by atoms with Crippen LogP contribution in [0.3, 0.4) is 0 Å². The molecule has 1 heterocycles. The Bertz CT molecular complexity index is 704. The molecule has 1 amide bonds. The van der Waals surface area contributed by atoms with Gasteiger partial charge in [0, 0.05) is 29.7 Å². The van der Waals surface area contributed by atoms with Crippen LogP contribution in [0.5, 0.6) is 0 Å². The van der Waals surface area contributed by atoms with Gasteiger partial charge in [-0.1, -0.05) is 23.2 Å². The van der Waals surface area contributed by atoms with Crippen molar-refractivity contribution in [2.45, 2.75) is 12.8 Å². The Labute approximate surface area is 136 Å². The van der Waals surface area contributed by atoms with E-state index in [4.69, 9.17) is 23.2 Å². The van der Waals surface area contributed by atoms with E-state index < -0.39 is 10.8 Å². The lowest BCUT2D eigenvalue weighted by Crippen LogP contribution is -2.28. The van der Waals surface area contributed by atoms with E-state index in [0.29, 0.717) is 13.1 Å². The first-order valence-electron chi connectivity index (χ1n) is 6.48. The maximum Gasteiger partial charge on any atom is 0.288 e. The third-order valence-electron chi connectivity index (χ3n) is 3.31. The molecule has 0 spiro atoms. The van der Waals surface area contributed by atoms with Gasteiger partial charge in [0.2, 0.25) is 0 Å². The number of benzene rings is 1. The molecule has 6 nitrogen and oxygen atoms in total. The zero-order valence-electron chi connectivity index (χ0n) is 11.4. The molecule has 1 aromatic rings. The molecule has 0 N–H and O–H groups in total. The number of rotatable bonds is 3. The Balaban J connectivity index is 2.41. The maximum atomic E-state index is 12.2. The summed E-state index contributed by atoms with van der Waals surface area (Å²) in [4.78, 5) is 24.0. The van der Waals surface area contributed by atoms with E-state index in [1.54, 1.807) is 4.90 Å². The highest BCUT2D eigenvalue weighted by Gasteiger charge is 2.22. The molecule has 1 aliphatic heterocycles. The third-order valence-corrected chi connectivity index (χ3v) is 3.94. The Kier molecular flexibility index (Phi) is 5.01. The first kappa shape index (κ1) is 16.3. The van der Waals surface area contributed by atoms with E-state index in [0.717, 1.165) is 18.9 Å². The Hall–Kier alpha value is -2.10. The van der Waals surface area contributed by atoms with E-state index in [-0.39, 0.29) is 26.9 Å². The van der Waals surface area contributed by atoms with Crippen molar-refractivity contribution in [2.24, 2.45) is 0 Å². The number of hydrogen-bond acceptors (Lipinski definition) is 4. The summed E-state index contributed by atoms with van der Waals surface area (Å²) >= 11 is 11.7. The van der Waals surface area contributed by atoms with Gasteiger partial charge in [-0.05, 0) is 25.0 Å². The zero-order chi connectivity index (χ0) is 16.3. The van der Waals surface area contributed by atoms with Gasteiger partial charge >= 0.3 is 0 Å². The summed E-state index contributed by atoms with van der Waals surface area (Å²) in [5.41, 5.74) is -0.231. The fraction of sp³-hybridized carbons (Fsp3) is 0.286. The molecule has 0 aromatic heterocycles. The largest absolute Gasteiger partial charge is 0.338 e. The molecule has 8 heteroatoms. The summed E-state index contributed by atoms with van der Waals surface area (Å²) in [7, 11) is 0. The van der Waals surface area contributed by atoms with Gasteiger partial charge in [-0.15, -0.1) is 0 Å². The summed E-state index contributed by atoms with van der Waals surface area (Å²) in [6.45, 7) is 1.21. The van der Waals surface area contributed by atoms with Gasteiger partial charge in [-0.2, -0.15) is 5.26 Å². The highest BCUT2D eigenvalue weighted by molar-refractivity contribution is 6.36. The number of hydrogen-bond donors (Lipinski definition) is 0. The third kappa shape index (κ3) is 3.38. The highest BCUT2D eigenvalue weighted by Crippen LogP contribution is 2.32. The van der Waals surface area contributed by atoms with Crippen molar-refractivity contribution in [2.75, 3.05) is 13.1 Å². The smallest absolute Gasteiger partial charge is 0.288 e. The topological polar surface area (TPSA) is 87.2 Å². The second-order valence-corrected chi connectivity index (χ2v) is 5.57. The van der Waals surface area contributed by atoms with Crippen LogP contribution in [0.25, 0.3) is 6.08 Å². The molecule has 1 saturated heterocycles. The standard InChI is InChI=1S/C14H11Cl2N3O3/c15-11-7-12(16)13(19(21)22)6-9(11)5-10(8-17)14(20)18-3-1-2-4-18/h5-7H,1-4H2/b10-5+. The minimum absolute atomic E-state index is 0.100. The molecular formula is C14H11Cl2N3O3. The lowest BCUT2D eigenvalue weighted by Gasteiger charge is -2.14. The SMILES string of the molecule is N#C/C(=C\c1cc([N+](=O)[O-])c(Cl)cc1Cl)C(=O)N1CCCC1. The highest BCUT2D eigenvalue weighted by atomic mass is 35.5. The monoisotopic (exact) mass is 339 g/mol.